The fraction of sp³-hybridized carbons (Fsp3) is 0.529. The van der Waals surface area contributed by atoms with Gasteiger partial charge in [0.2, 0.25) is 0 Å². The summed E-state index contributed by atoms with van der Waals surface area (Å²) < 4.78 is 25.8. The van der Waals surface area contributed by atoms with E-state index in [2.05, 4.69) is 15.9 Å². The molecule has 2 heterocycles. The number of rotatable bonds is 0. The molecule has 136 valence electrons. The third kappa shape index (κ3) is 3.73. The van der Waals surface area contributed by atoms with E-state index >= 15 is 0 Å². The molecule has 0 saturated carbocycles. The highest BCUT2D eigenvalue weighted by Gasteiger charge is 2.39. The van der Waals surface area contributed by atoms with E-state index in [4.69, 9.17) is 9.47 Å². The molecule has 1 saturated heterocycles. The van der Waals surface area contributed by atoms with Gasteiger partial charge in [0.25, 0.3) is 5.91 Å². The Morgan fingerprint density at radius 3 is 2.76 bits per heavy atom. The molecule has 2 aliphatic rings. The molecule has 2 aliphatic heterocycles. The highest BCUT2D eigenvalue weighted by molar-refractivity contribution is 9.10. The number of hydrogen-bond donors (Lipinski definition) is 0. The SMILES string of the molecule is CC(C)(C)OC(=O)N1CCN2C(=O)c3c(F)cc(Br)cc3OC[C@H]2C1. The molecule has 1 aromatic rings. The topological polar surface area (TPSA) is 59.1 Å². The number of ether oxygens (including phenoxy) is 2. The third-order valence-electron chi connectivity index (χ3n) is 4.06. The Bertz CT molecular complexity index is 719. The smallest absolute Gasteiger partial charge is 0.410 e. The van der Waals surface area contributed by atoms with E-state index in [0.717, 1.165) is 0 Å². The van der Waals surface area contributed by atoms with Crippen molar-refractivity contribution in [2.24, 2.45) is 0 Å². The van der Waals surface area contributed by atoms with Crippen LogP contribution in [0.4, 0.5) is 9.18 Å². The summed E-state index contributed by atoms with van der Waals surface area (Å²) in [5.74, 6) is -0.814. The van der Waals surface area contributed by atoms with Crippen molar-refractivity contribution in [3.8, 4) is 5.75 Å². The average molecular weight is 415 g/mol. The maximum atomic E-state index is 14.3. The predicted octanol–water partition coefficient (Wildman–Crippen LogP) is 3.04. The number of carbonyl (C=O) groups is 2. The summed E-state index contributed by atoms with van der Waals surface area (Å²) in [5.41, 5.74) is -0.647. The first-order valence-electron chi connectivity index (χ1n) is 8.06. The molecule has 1 fully saturated rings. The van der Waals surface area contributed by atoms with Gasteiger partial charge in [-0.25, -0.2) is 9.18 Å². The fourth-order valence-corrected chi connectivity index (χ4v) is 3.37. The van der Waals surface area contributed by atoms with Gasteiger partial charge in [0.15, 0.2) is 0 Å². The average Bonchev–Trinajstić information content (AvgIpc) is 2.62. The van der Waals surface area contributed by atoms with Gasteiger partial charge < -0.3 is 19.3 Å². The van der Waals surface area contributed by atoms with Crippen molar-refractivity contribution in [2.45, 2.75) is 32.4 Å². The maximum absolute atomic E-state index is 14.3. The van der Waals surface area contributed by atoms with Gasteiger partial charge in [-0.15, -0.1) is 0 Å². The lowest BCUT2D eigenvalue weighted by molar-refractivity contribution is 0.000898. The lowest BCUT2D eigenvalue weighted by Crippen LogP contribution is -2.58. The zero-order valence-electron chi connectivity index (χ0n) is 14.3. The van der Waals surface area contributed by atoms with E-state index in [1.165, 1.54) is 6.07 Å². The van der Waals surface area contributed by atoms with Crippen LogP contribution in [0.25, 0.3) is 0 Å². The van der Waals surface area contributed by atoms with Crippen LogP contribution in [-0.2, 0) is 4.74 Å². The third-order valence-corrected chi connectivity index (χ3v) is 4.52. The highest BCUT2D eigenvalue weighted by Crippen LogP contribution is 2.32. The molecule has 6 nitrogen and oxygen atoms in total. The highest BCUT2D eigenvalue weighted by atomic mass is 79.9. The molecule has 25 heavy (non-hydrogen) atoms. The first kappa shape index (κ1) is 18.0. The summed E-state index contributed by atoms with van der Waals surface area (Å²) in [7, 11) is 0. The Hall–Kier alpha value is -1.83. The van der Waals surface area contributed by atoms with E-state index in [-0.39, 0.29) is 30.5 Å². The molecule has 0 aromatic heterocycles. The quantitative estimate of drug-likeness (QED) is 0.654. The zero-order valence-corrected chi connectivity index (χ0v) is 15.9. The summed E-state index contributed by atoms with van der Waals surface area (Å²) in [6.45, 7) is 6.53. The molecular formula is C17H20BrFN2O4. The van der Waals surface area contributed by atoms with Crippen molar-refractivity contribution in [3.63, 3.8) is 0 Å². The number of benzene rings is 1. The second-order valence-electron chi connectivity index (χ2n) is 7.15. The van der Waals surface area contributed by atoms with E-state index in [1.807, 2.05) is 0 Å². The number of hydrogen-bond acceptors (Lipinski definition) is 4. The largest absolute Gasteiger partial charge is 0.490 e. The second-order valence-corrected chi connectivity index (χ2v) is 8.07. The molecule has 0 N–H and O–H groups in total. The van der Waals surface area contributed by atoms with Gasteiger partial charge in [-0.1, -0.05) is 15.9 Å². The zero-order chi connectivity index (χ0) is 18.4. The second kappa shape index (κ2) is 6.48. The minimum atomic E-state index is -0.621. The van der Waals surface area contributed by atoms with Crippen molar-refractivity contribution in [2.75, 3.05) is 26.2 Å². The number of carbonyl (C=O) groups excluding carboxylic acids is 2. The van der Waals surface area contributed by atoms with Crippen LogP contribution in [0.1, 0.15) is 31.1 Å². The molecule has 1 aromatic carbocycles. The van der Waals surface area contributed by atoms with Crippen molar-refractivity contribution < 1.29 is 23.5 Å². The van der Waals surface area contributed by atoms with Gasteiger partial charge >= 0.3 is 6.09 Å². The number of fused-ring (bicyclic) bond motifs is 2. The molecule has 3 rings (SSSR count). The first-order chi connectivity index (χ1) is 11.7. The number of piperazine rings is 1. The van der Waals surface area contributed by atoms with Crippen LogP contribution in [0.3, 0.4) is 0 Å². The lowest BCUT2D eigenvalue weighted by Gasteiger charge is -2.40. The van der Waals surface area contributed by atoms with Crippen molar-refractivity contribution in [1.82, 2.24) is 9.80 Å². The Morgan fingerprint density at radius 2 is 2.08 bits per heavy atom. The summed E-state index contributed by atoms with van der Waals surface area (Å²) in [5, 5.41) is 0. The molecule has 0 aliphatic carbocycles. The number of amides is 2. The Kier molecular flexibility index (Phi) is 4.66. The van der Waals surface area contributed by atoms with Gasteiger partial charge in [-0.3, -0.25) is 4.79 Å². The van der Waals surface area contributed by atoms with Gasteiger partial charge in [-0.2, -0.15) is 0 Å². The molecular weight excluding hydrogens is 395 g/mol. The minimum absolute atomic E-state index is 0.0589. The van der Waals surface area contributed by atoms with Crippen LogP contribution < -0.4 is 4.74 Å². The van der Waals surface area contributed by atoms with E-state index in [1.54, 1.807) is 36.6 Å². The van der Waals surface area contributed by atoms with Crippen LogP contribution in [0, 0.1) is 5.82 Å². The minimum Gasteiger partial charge on any atom is -0.490 e. The van der Waals surface area contributed by atoms with E-state index in [0.29, 0.717) is 17.6 Å². The van der Waals surface area contributed by atoms with Crippen molar-refractivity contribution >= 4 is 27.9 Å². The van der Waals surface area contributed by atoms with Crippen LogP contribution in [0.15, 0.2) is 16.6 Å². The predicted molar refractivity (Wildman–Crippen MR) is 92.2 cm³/mol. The van der Waals surface area contributed by atoms with Crippen LogP contribution in [-0.4, -0.2) is 59.7 Å². The molecule has 8 heteroatoms. The molecule has 1 atom stereocenters. The normalized spacial score (nSPS) is 20.4. The fourth-order valence-electron chi connectivity index (χ4n) is 2.96. The van der Waals surface area contributed by atoms with Crippen LogP contribution >= 0.6 is 15.9 Å². The van der Waals surface area contributed by atoms with Gasteiger partial charge in [0.1, 0.15) is 29.3 Å². The van der Waals surface area contributed by atoms with Crippen molar-refractivity contribution in [1.29, 1.82) is 0 Å². The van der Waals surface area contributed by atoms with Crippen LogP contribution in [0.2, 0.25) is 0 Å². The maximum Gasteiger partial charge on any atom is 0.410 e. The van der Waals surface area contributed by atoms with E-state index < -0.39 is 23.4 Å². The standard InChI is InChI=1S/C17H20BrFN2O4/c1-17(2,3)25-16(23)20-4-5-21-11(8-20)9-24-13-7-10(18)6-12(19)14(13)15(21)22/h6-7,11H,4-5,8-9H2,1-3H3/t11-/m1/s1. The molecule has 0 radical (unpaired) electrons. The van der Waals surface area contributed by atoms with E-state index in [9.17, 15) is 14.0 Å². The monoisotopic (exact) mass is 414 g/mol. The van der Waals surface area contributed by atoms with Gasteiger partial charge in [0.05, 0.1) is 6.04 Å². The molecule has 2 amide bonds. The summed E-state index contributed by atoms with van der Waals surface area (Å²) >= 11 is 3.21. The molecule has 0 spiro atoms. The Balaban J connectivity index is 1.80. The van der Waals surface area contributed by atoms with Gasteiger partial charge in [0, 0.05) is 24.1 Å². The molecule has 0 unspecified atom stereocenters. The van der Waals surface area contributed by atoms with Crippen molar-refractivity contribution in [3.05, 3.63) is 28.0 Å². The lowest BCUT2D eigenvalue weighted by atomic mass is 10.1. The number of halogens is 2. The Labute approximate surface area is 154 Å². The summed E-state index contributed by atoms with van der Waals surface area (Å²) in [6, 6.07) is 2.48. The van der Waals surface area contributed by atoms with Gasteiger partial charge in [-0.05, 0) is 32.9 Å². The Morgan fingerprint density at radius 1 is 1.36 bits per heavy atom. The first-order valence-corrected chi connectivity index (χ1v) is 8.86. The van der Waals surface area contributed by atoms with Crippen LogP contribution in [0.5, 0.6) is 5.75 Å². The summed E-state index contributed by atoms with van der Waals surface area (Å²) in [6.07, 6.45) is -0.421. The summed E-state index contributed by atoms with van der Waals surface area (Å²) in [4.78, 5) is 28.2. The molecule has 0 bridgehead atoms. The number of nitrogens with zero attached hydrogens (tertiary/aromatic N) is 2.